The fourth-order valence-electron chi connectivity index (χ4n) is 0.973. The Hall–Kier alpha value is -0.350. The second-order valence-corrected chi connectivity index (χ2v) is 5.57. The summed E-state index contributed by atoms with van der Waals surface area (Å²) < 4.78 is 21.6. The van der Waals surface area contributed by atoms with Gasteiger partial charge in [0.2, 0.25) is 0 Å². The maximum absolute atomic E-state index is 10.8. The second-order valence-electron chi connectivity index (χ2n) is 3.31. The van der Waals surface area contributed by atoms with Gasteiger partial charge in [-0.05, 0) is 26.9 Å². The van der Waals surface area contributed by atoms with Crippen LogP contribution >= 0.6 is 0 Å². The van der Waals surface area contributed by atoms with Gasteiger partial charge in [-0.15, -0.1) is 0 Å². The molecule has 0 unspecified atom stereocenters. The summed E-state index contributed by atoms with van der Waals surface area (Å²) in [5.41, 5.74) is 0. The number of nitrogens with zero attached hydrogens (tertiary/aromatic N) is 1. The first-order valence-electron chi connectivity index (χ1n) is 7.43. The van der Waals surface area contributed by atoms with Crippen LogP contribution in [0.3, 0.4) is 0 Å². The van der Waals surface area contributed by atoms with Gasteiger partial charge in [0.25, 0.3) is 0 Å². The summed E-state index contributed by atoms with van der Waals surface area (Å²) >= 11 is 0. The Morgan fingerprint density at radius 3 is 1.74 bits per heavy atom. The molecule has 0 bridgehead atoms. The summed E-state index contributed by atoms with van der Waals surface area (Å²) in [7, 11) is -0.797. The number of allylic oxidation sites excluding steroid dienone is 1. The molecule has 0 amide bonds. The highest BCUT2D eigenvalue weighted by Gasteiger charge is 2.02. The summed E-state index contributed by atoms with van der Waals surface area (Å²) in [6.07, 6.45) is 6.04. The fraction of sp³-hybridized carbons (Fsp3) is 0.867. The van der Waals surface area contributed by atoms with Gasteiger partial charge in [0, 0.05) is 12.8 Å². The largest absolute Gasteiger partial charge is 0.303 e. The van der Waals surface area contributed by atoms with Crippen LogP contribution in [0.1, 0.15) is 54.9 Å². The fourth-order valence-corrected chi connectivity index (χ4v) is 1.63. The van der Waals surface area contributed by atoms with Gasteiger partial charge >= 0.3 is 0 Å². The molecule has 120 valence electrons. The number of hydrogen-bond donors (Lipinski definition) is 0. The molecule has 0 aromatic carbocycles. The van der Waals surface area contributed by atoms with E-state index < -0.39 is 9.84 Å². The molecule has 0 aliphatic heterocycles. The molecule has 0 fully saturated rings. The van der Waals surface area contributed by atoms with Gasteiger partial charge in [-0.1, -0.05) is 53.7 Å². The third kappa shape index (κ3) is 38.1. The molecular weight excluding hydrogens is 258 g/mol. The van der Waals surface area contributed by atoms with Gasteiger partial charge in [-0.25, -0.2) is 8.42 Å². The number of hydrogen-bond acceptors (Lipinski definition) is 3. The van der Waals surface area contributed by atoms with E-state index in [9.17, 15) is 8.42 Å². The van der Waals surface area contributed by atoms with Gasteiger partial charge in [-0.2, -0.15) is 0 Å². The first-order valence-corrected chi connectivity index (χ1v) is 9.49. The molecular formula is C15H37NO2S. The molecule has 0 rings (SSSR count). The van der Waals surface area contributed by atoms with Crippen LogP contribution in [-0.4, -0.2) is 45.5 Å². The highest BCUT2D eigenvalue weighted by Crippen LogP contribution is 1.92. The first kappa shape index (κ1) is 27.1. The summed E-state index contributed by atoms with van der Waals surface area (Å²) in [5, 5.41) is 0. The molecule has 0 saturated heterocycles. The Bertz CT molecular complexity index is 247. The zero-order valence-corrected chi connectivity index (χ0v) is 15.5. The van der Waals surface area contributed by atoms with Gasteiger partial charge in [0.1, 0.15) is 9.84 Å². The zero-order chi connectivity index (χ0) is 16.3. The van der Waals surface area contributed by atoms with Crippen molar-refractivity contribution >= 4 is 9.84 Å². The molecule has 19 heavy (non-hydrogen) atoms. The van der Waals surface area contributed by atoms with Crippen molar-refractivity contribution in [2.24, 2.45) is 0 Å². The van der Waals surface area contributed by atoms with E-state index in [1.54, 1.807) is 0 Å². The van der Waals surface area contributed by atoms with E-state index >= 15 is 0 Å². The van der Waals surface area contributed by atoms with E-state index in [-0.39, 0.29) is 5.75 Å². The maximum atomic E-state index is 10.8. The van der Waals surface area contributed by atoms with Crippen molar-refractivity contribution in [1.29, 1.82) is 0 Å². The SMILES string of the molecule is C/C=C/CN(C)CCCS(C)(=O)=O.CC.CC.CC. The van der Waals surface area contributed by atoms with Crippen molar-refractivity contribution in [2.75, 3.05) is 32.1 Å². The summed E-state index contributed by atoms with van der Waals surface area (Å²) in [4.78, 5) is 2.10. The van der Waals surface area contributed by atoms with Gasteiger partial charge in [0.05, 0.1) is 5.75 Å². The van der Waals surface area contributed by atoms with Crippen molar-refractivity contribution < 1.29 is 8.42 Å². The normalized spacial score (nSPS) is 9.79. The third-order valence-corrected chi connectivity index (χ3v) is 2.74. The minimum Gasteiger partial charge on any atom is -0.303 e. The quantitative estimate of drug-likeness (QED) is 0.695. The monoisotopic (exact) mass is 295 g/mol. The Morgan fingerprint density at radius 1 is 1.00 bits per heavy atom. The summed E-state index contributed by atoms with van der Waals surface area (Å²) in [6.45, 7) is 15.7. The van der Waals surface area contributed by atoms with Crippen molar-refractivity contribution in [3.63, 3.8) is 0 Å². The summed E-state index contributed by atoms with van der Waals surface area (Å²) in [5.74, 6) is 0.285. The van der Waals surface area contributed by atoms with Crippen molar-refractivity contribution in [2.45, 2.75) is 54.9 Å². The third-order valence-electron chi connectivity index (χ3n) is 1.71. The predicted molar refractivity (Wildman–Crippen MR) is 90.7 cm³/mol. The van der Waals surface area contributed by atoms with Crippen LogP contribution in [0.2, 0.25) is 0 Å². The molecule has 0 aromatic heterocycles. The molecule has 3 nitrogen and oxygen atoms in total. The van der Waals surface area contributed by atoms with E-state index in [4.69, 9.17) is 0 Å². The summed E-state index contributed by atoms with van der Waals surface area (Å²) in [6, 6.07) is 0. The predicted octanol–water partition coefficient (Wildman–Crippen LogP) is 4.01. The molecule has 0 aliphatic carbocycles. The number of likely N-dealkylation sites (N-methyl/N-ethyl adjacent to an activating group) is 1. The van der Waals surface area contributed by atoms with E-state index in [1.807, 2.05) is 61.6 Å². The van der Waals surface area contributed by atoms with Crippen LogP contribution < -0.4 is 0 Å². The lowest BCUT2D eigenvalue weighted by Gasteiger charge is -2.13. The Kier molecular flexibility index (Phi) is 32.5. The molecule has 0 saturated carbocycles. The van der Waals surface area contributed by atoms with E-state index in [0.29, 0.717) is 6.42 Å². The molecule has 0 N–H and O–H groups in total. The van der Waals surface area contributed by atoms with E-state index in [1.165, 1.54) is 6.26 Å². The highest BCUT2D eigenvalue weighted by molar-refractivity contribution is 7.90. The van der Waals surface area contributed by atoms with Crippen LogP contribution in [0, 0.1) is 0 Å². The molecule has 0 aliphatic rings. The standard InChI is InChI=1S/C9H19NO2S.3C2H6/c1-4-5-7-10(2)8-6-9-13(3,11)12;3*1-2/h4-5H,6-9H2,1-3H3;3*1-2H3/b5-4+;;;. The average Bonchev–Trinajstić information content (AvgIpc) is 2.42. The van der Waals surface area contributed by atoms with Crippen LogP contribution in [-0.2, 0) is 9.84 Å². The molecule has 4 heteroatoms. The highest BCUT2D eigenvalue weighted by atomic mass is 32.2. The molecule has 0 spiro atoms. The minimum absolute atomic E-state index is 0.285. The average molecular weight is 296 g/mol. The first-order chi connectivity index (χ1) is 8.95. The van der Waals surface area contributed by atoms with E-state index in [2.05, 4.69) is 11.0 Å². The van der Waals surface area contributed by atoms with Crippen LogP contribution in [0.5, 0.6) is 0 Å². The number of rotatable bonds is 6. The lowest BCUT2D eigenvalue weighted by atomic mass is 10.4. The van der Waals surface area contributed by atoms with Crippen LogP contribution in [0.4, 0.5) is 0 Å². The van der Waals surface area contributed by atoms with Gasteiger partial charge < -0.3 is 4.90 Å². The molecule has 0 radical (unpaired) electrons. The van der Waals surface area contributed by atoms with Crippen molar-refractivity contribution in [3.8, 4) is 0 Å². The second kappa shape index (κ2) is 22.8. The molecule has 0 aromatic rings. The lowest BCUT2D eigenvalue weighted by molar-refractivity contribution is 0.371. The van der Waals surface area contributed by atoms with Gasteiger partial charge in [0.15, 0.2) is 0 Å². The maximum Gasteiger partial charge on any atom is 0.147 e. The van der Waals surface area contributed by atoms with E-state index in [0.717, 1.165) is 13.1 Å². The van der Waals surface area contributed by atoms with Gasteiger partial charge in [-0.3, -0.25) is 0 Å². The zero-order valence-electron chi connectivity index (χ0n) is 14.7. The number of sulfone groups is 1. The smallest absolute Gasteiger partial charge is 0.147 e. The van der Waals surface area contributed by atoms with Crippen LogP contribution in [0.15, 0.2) is 12.2 Å². The molecule has 0 atom stereocenters. The molecule has 0 heterocycles. The van der Waals surface area contributed by atoms with Crippen LogP contribution in [0.25, 0.3) is 0 Å². The Balaban J connectivity index is -0.000000163. The Morgan fingerprint density at radius 2 is 1.42 bits per heavy atom. The topological polar surface area (TPSA) is 37.4 Å². The lowest BCUT2D eigenvalue weighted by Crippen LogP contribution is -2.21. The van der Waals surface area contributed by atoms with Crippen molar-refractivity contribution in [1.82, 2.24) is 4.90 Å². The Labute approximate surface area is 123 Å². The minimum atomic E-state index is -2.78. The van der Waals surface area contributed by atoms with Crippen molar-refractivity contribution in [3.05, 3.63) is 12.2 Å².